The van der Waals surface area contributed by atoms with E-state index in [1.807, 2.05) is 0 Å². The quantitative estimate of drug-likeness (QED) is 0.559. The van der Waals surface area contributed by atoms with Crippen molar-refractivity contribution in [2.45, 2.75) is 69.4 Å². The number of imidazole rings is 1. The van der Waals surface area contributed by atoms with Gasteiger partial charge in [0.05, 0.1) is 29.7 Å². The average Bonchev–Trinajstić information content (AvgIpc) is 3.29. The van der Waals surface area contributed by atoms with Gasteiger partial charge in [0.25, 0.3) is 5.92 Å². The fraction of sp³-hybridized carbons (Fsp3) is 0.619. The topological polar surface area (TPSA) is 109 Å². The third kappa shape index (κ3) is 5.19. The van der Waals surface area contributed by atoms with E-state index >= 15 is 0 Å². The van der Waals surface area contributed by atoms with Crippen molar-refractivity contribution in [2.75, 3.05) is 0 Å². The zero-order valence-corrected chi connectivity index (χ0v) is 17.9. The largest absolute Gasteiger partial charge is 0.465 e. The van der Waals surface area contributed by atoms with Gasteiger partial charge in [-0.15, -0.1) is 0 Å². The van der Waals surface area contributed by atoms with E-state index in [4.69, 9.17) is 0 Å². The fourth-order valence-corrected chi connectivity index (χ4v) is 4.66. The summed E-state index contributed by atoms with van der Waals surface area (Å²) in [7, 11) is 0. The van der Waals surface area contributed by atoms with Crippen LogP contribution in [0.25, 0.3) is 5.65 Å². The minimum Gasteiger partial charge on any atom is -0.465 e. The number of fused-ring (bicyclic) bond motifs is 1. The molecule has 1 aliphatic carbocycles. The van der Waals surface area contributed by atoms with Crippen molar-refractivity contribution >= 4 is 17.6 Å². The van der Waals surface area contributed by atoms with E-state index in [2.05, 4.69) is 20.7 Å². The number of hydrogen-bond donors (Lipinski definition) is 3. The number of rotatable bonds is 6. The standard InChI is InChI=1S/C21H25F4N5O3/c1-20(22,23)15-9-12(18(31)27-15)8-13-2-3-16-26-14(10-30(16)29-13)17(28-19(32)33)11-4-6-21(24,25)7-5-11/h2-3,10-12,15,17,28H,4-9H2,1H3,(H,27,31)(H,32,33)/t12?,15?,17-/m0/s1. The molecule has 1 saturated carbocycles. The van der Waals surface area contributed by atoms with Crippen molar-refractivity contribution in [1.82, 2.24) is 25.2 Å². The molecule has 180 valence electrons. The van der Waals surface area contributed by atoms with Gasteiger partial charge in [0.1, 0.15) is 0 Å². The number of carbonyl (C=O) groups excluding carboxylic acids is 1. The molecule has 2 aromatic rings. The number of carboxylic acid groups (broad SMARTS) is 1. The van der Waals surface area contributed by atoms with Crippen LogP contribution >= 0.6 is 0 Å². The fourth-order valence-electron chi connectivity index (χ4n) is 4.66. The molecule has 0 aromatic carbocycles. The SMILES string of the molecule is CC(F)(F)C1CC(Cc2ccc3nc([C@@H](NC(=O)O)C4CCC(F)(F)CC4)cn3n2)C(=O)N1. The number of amides is 2. The molecule has 33 heavy (non-hydrogen) atoms. The first-order valence-electron chi connectivity index (χ1n) is 10.8. The highest BCUT2D eigenvalue weighted by Gasteiger charge is 2.44. The summed E-state index contributed by atoms with van der Waals surface area (Å²) in [5, 5.41) is 18.4. The first-order chi connectivity index (χ1) is 15.4. The molecule has 3 heterocycles. The highest BCUT2D eigenvalue weighted by Crippen LogP contribution is 2.41. The molecule has 3 N–H and O–H groups in total. The monoisotopic (exact) mass is 471 g/mol. The van der Waals surface area contributed by atoms with Gasteiger partial charge < -0.3 is 15.7 Å². The maximum Gasteiger partial charge on any atom is 0.405 e. The van der Waals surface area contributed by atoms with E-state index in [-0.39, 0.29) is 44.4 Å². The van der Waals surface area contributed by atoms with Crippen LogP contribution in [0.1, 0.15) is 56.5 Å². The first kappa shape index (κ1) is 23.2. The molecule has 12 heteroatoms. The zero-order chi connectivity index (χ0) is 24.0. The summed E-state index contributed by atoms with van der Waals surface area (Å²) in [6.07, 6.45) is 0.0974. The molecule has 0 radical (unpaired) electrons. The summed E-state index contributed by atoms with van der Waals surface area (Å²) < 4.78 is 55.7. The van der Waals surface area contributed by atoms with E-state index in [1.165, 1.54) is 10.7 Å². The summed E-state index contributed by atoms with van der Waals surface area (Å²) >= 11 is 0. The van der Waals surface area contributed by atoms with E-state index < -0.39 is 41.8 Å². The van der Waals surface area contributed by atoms with Crippen LogP contribution in [0, 0.1) is 11.8 Å². The minimum absolute atomic E-state index is 0.00580. The second-order valence-electron chi connectivity index (χ2n) is 9.07. The van der Waals surface area contributed by atoms with Crippen molar-refractivity contribution in [2.24, 2.45) is 11.8 Å². The molecule has 3 atom stereocenters. The predicted molar refractivity (Wildman–Crippen MR) is 108 cm³/mol. The van der Waals surface area contributed by atoms with E-state index in [0.29, 0.717) is 17.0 Å². The Hall–Kier alpha value is -2.92. The lowest BCUT2D eigenvalue weighted by molar-refractivity contribution is -0.123. The van der Waals surface area contributed by atoms with Crippen molar-refractivity contribution in [3.8, 4) is 0 Å². The van der Waals surface area contributed by atoms with Crippen LogP contribution in [0.2, 0.25) is 0 Å². The Kier molecular flexibility index (Phi) is 5.95. The maximum absolute atomic E-state index is 13.6. The van der Waals surface area contributed by atoms with Crippen molar-refractivity contribution < 1.29 is 32.3 Å². The summed E-state index contributed by atoms with van der Waals surface area (Å²) in [6.45, 7) is 0.771. The van der Waals surface area contributed by atoms with Gasteiger partial charge >= 0.3 is 6.09 Å². The Bertz CT molecular complexity index is 1040. The number of nitrogens with zero attached hydrogens (tertiary/aromatic N) is 3. The van der Waals surface area contributed by atoms with Gasteiger partial charge in [-0.25, -0.2) is 31.9 Å². The molecule has 1 aliphatic heterocycles. The van der Waals surface area contributed by atoms with Gasteiger partial charge in [-0.3, -0.25) is 4.79 Å². The van der Waals surface area contributed by atoms with Crippen molar-refractivity contribution in [3.05, 3.63) is 29.7 Å². The van der Waals surface area contributed by atoms with Gasteiger partial charge in [0.15, 0.2) is 5.65 Å². The molecule has 2 aliphatic rings. The maximum atomic E-state index is 13.6. The molecule has 0 spiro atoms. The van der Waals surface area contributed by atoms with Gasteiger partial charge in [-0.05, 0) is 37.3 Å². The number of carbonyl (C=O) groups is 2. The Balaban J connectivity index is 1.53. The molecule has 8 nitrogen and oxygen atoms in total. The molecular weight excluding hydrogens is 446 g/mol. The molecule has 0 bridgehead atoms. The second-order valence-corrected chi connectivity index (χ2v) is 9.07. The van der Waals surface area contributed by atoms with Crippen LogP contribution in [0.3, 0.4) is 0 Å². The molecule has 4 rings (SSSR count). The lowest BCUT2D eigenvalue weighted by Gasteiger charge is -2.32. The van der Waals surface area contributed by atoms with E-state index in [9.17, 15) is 32.3 Å². The molecule has 2 unspecified atom stereocenters. The summed E-state index contributed by atoms with van der Waals surface area (Å²) in [6, 6.07) is 1.29. The summed E-state index contributed by atoms with van der Waals surface area (Å²) in [4.78, 5) is 27.9. The van der Waals surface area contributed by atoms with Gasteiger partial charge in [0, 0.05) is 32.1 Å². The van der Waals surface area contributed by atoms with Crippen LogP contribution in [-0.2, 0) is 11.2 Å². The van der Waals surface area contributed by atoms with Crippen LogP contribution in [0.4, 0.5) is 22.4 Å². The smallest absolute Gasteiger partial charge is 0.405 e. The highest BCUT2D eigenvalue weighted by atomic mass is 19.3. The van der Waals surface area contributed by atoms with Gasteiger partial charge in [0.2, 0.25) is 11.8 Å². The number of halogens is 4. The Morgan fingerprint density at radius 2 is 2.06 bits per heavy atom. The Morgan fingerprint density at radius 1 is 1.36 bits per heavy atom. The van der Waals surface area contributed by atoms with Crippen LogP contribution in [0.15, 0.2) is 18.3 Å². The molecule has 2 amide bonds. The predicted octanol–water partition coefficient (Wildman–Crippen LogP) is 3.57. The number of hydrogen-bond acceptors (Lipinski definition) is 4. The average molecular weight is 471 g/mol. The second kappa shape index (κ2) is 8.45. The normalized spacial score (nSPS) is 24.6. The van der Waals surface area contributed by atoms with Crippen LogP contribution < -0.4 is 10.6 Å². The molecule has 2 aromatic heterocycles. The van der Waals surface area contributed by atoms with Gasteiger partial charge in [-0.2, -0.15) is 5.10 Å². The molecule has 1 saturated heterocycles. The minimum atomic E-state index is -3.02. The Labute approximate surface area is 186 Å². The van der Waals surface area contributed by atoms with Crippen molar-refractivity contribution in [1.29, 1.82) is 0 Å². The van der Waals surface area contributed by atoms with E-state index in [0.717, 1.165) is 6.92 Å². The third-order valence-electron chi connectivity index (χ3n) is 6.50. The zero-order valence-electron chi connectivity index (χ0n) is 17.9. The summed E-state index contributed by atoms with van der Waals surface area (Å²) in [5.41, 5.74) is 1.27. The Morgan fingerprint density at radius 3 is 2.67 bits per heavy atom. The number of nitrogens with one attached hydrogen (secondary N) is 2. The first-order valence-corrected chi connectivity index (χ1v) is 10.8. The van der Waals surface area contributed by atoms with Gasteiger partial charge in [-0.1, -0.05) is 0 Å². The lowest BCUT2D eigenvalue weighted by atomic mass is 9.81. The van der Waals surface area contributed by atoms with Crippen LogP contribution in [0.5, 0.6) is 0 Å². The van der Waals surface area contributed by atoms with Crippen molar-refractivity contribution in [3.63, 3.8) is 0 Å². The lowest BCUT2D eigenvalue weighted by Crippen LogP contribution is -2.39. The van der Waals surface area contributed by atoms with E-state index in [1.54, 1.807) is 12.1 Å². The number of alkyl halides is 4. The van der Waals surface area contributed by atoms with Crippen LogP contribution in [-0.4, -0.2) is 49.6 Å². The molecule has 2 fully saturated rings. The number of aromatic nitrogens is 3. The summed E-state index contributed by atoms with van der Waals surface area (Å²) in [5.74, 6) is -7.18. The highest BCUT2D eigenvalue weighted by molar-refractivity contribution is 5.81. The third-order valence-corrected chi connectivity index (χ3v) is 6.50. The molecular formula is C21H25F4N5O3.